The van der Waals surface area contributed by atoms with Gasteiger partial charge in [-0.25, -0.2) is 8.78 Å². The third-order valence-corrected chi connectivity index (χ3v) is 4.62. The van der Waals surface area contributed by atoms with Gasteiger partial charge in [-0.3, -0.25) is 9.59 Å². The summed E-state index contributed by atoms with van der Waals surface area (Å²) in [7, 11) is 0. The van der Waals surface area contributed by atoms with Gasteiger partial charge in [-0.05, 0) is 18.6 Å². The van der Waals surface area contributed by atoms with Gasteiger partial charge < -0.3 is 15.4 Å². The Kier molecular flexibility index (Phi) is 4.25. The molecule has 2 amide bonds. The van der Waals surface area contributed by atoms with Crippen LogP contribution in [0.3, 0.4) is 0 Å². The van der Waals surface area contributed by atoms with Crippen LogP contribution in [0.2, 0.25) is 5.02 Å². The van der Waals surface area contributed by atoms with Crippen LogP contribution in [0.5, 0.6) is 0 Å². The molecular weight excluding hydrogens is 330 g/mol. The first kappa shape index (κ1) is 16.1. The Morgan fingerprint density at radius 2 is 1.91 bits per heavy atom. The van der Waals surface area contributed by atoms with Crippen LogP contribution in [0.25, 0.3) is 0 Å². The van der Waals surface area contributed by atoms with E-state index in [4.69, 9.17) is 16.3 Å². The maximum Gasteiger partial charge on any atom is 0.253 e. The maximum absolute atomic E-state index is 13.3. The van der Waals surface area contributed by atoms with Gasteiger partial charge in [0.05, 0.1) is 28.8 Å². The first-order valence-corrected chi connectivity index (χ1v) is 7.60. The average molecular weight is 345 g/mol. The molecule has 0 aromatic heterocycles. The summed E-state index contributed by atoms with van der Waals surface area (Å²) < 4.78 is 32.0. The molecule has 0 unspecified atom stereocenters. The number of hydrogen-bond donors (Lipinski definition) is 2. The van der Waals surface area contributed by atoms with E-state index in [0.29, 0.717) is 6.61 Å². The monoisotopic (exact) mass is 344 g/mol. The van der Waals surface area contributed by atoms with Crippen molar-refractivity contribution in [3.8, 4) is 0 Å². The Balaban J connectivity index is 1.76. The number of fused-ring (bicyclic) bond motifs is 1. The van der Waals surface area contributed by atoms with Crippen molar-refractivity contribution in [2.24, 2.45) is 5.92 Å². The summed E-state index contributed by atoms with van der Waals surface area (Å²) in [5, 5.41) is 5.32. The predicted molar refractivity (Wildman–Crippen MR) is 78.1 cm³/mol. The van der Waals surface area contributed by atoms with Gasteiger partial charge in [0.25, 0.3) is 5.91 Å². The van der Waals surface area contributed by atoms with Crippen LogP contribution in [0.1, 0.15) is 23.7 Å². The van der Waals surface area contributed by atoms with Crippen LogP contribution in [0, 0.1) is 17.6 Å². The number of carbonyl (C=O) groups excluding carboxylic acids is 2. The largest absolute Gasteiger partial charge is 0.376 e. The molecule has 1 heterocycles. The highest BCUT2D eigenvalue weighted by Crippen LogP contribution is 2.39. The van der Waals surface area contributed by atoms with Gasteiger partial charge in [0.1, 0.15) is 0 Å². The van der Waals surface area contributed by atoms with Gasteiger partial charge in [0.2, 0.25) is 5.91 Å². The van der Waals surface area contributed by atoms with Gasteiger partial charge in [0, 0.05) is 19.4 Å². The summed E-state index contributed by atoms with van der Waals surface area (Å²) in [6, 6.07) is 0.859. The molecule has 4 atom stereocenters. The lowest BCUT2D eigenvalue weighted by Gasteiger charge is -2.47. The molecule has 1 saturated carbocycles. The molecule has 3 rings (SSSR count). The zero-order valence-electron chi connectivity index (χ0n) is 12.2. The van der Waals surface area contributed by atoms with Crippen molar-refractivity contribution >= 4 is 23.4 Å². The van der Waals surface area contributed by atoms with Gasteiger partial charge in [-0.2, -0.15) is 0 Å². The molecule has 1 aliphatic carbocycles. The fourth-order valence-electron chi connectivity index (χ4n) is 3.24. The first-order valence-electron chi connectivity index (χ1n) is 7.22. The minimum absolute atomic E-state index is 0.0832. The van der Waals surface area contributed by atoms with Crippen LogP contribution >= 0.6 is 11.6 Å². The lowest BCUT2D eigenvalue weighted by Crippen LogP contribution is -2.70. The fraction of sp³-hybridized carbons (Fsp3) is 0.467. The summed E-state index contributed by atoms with van der Waals surface area (Å²) in [6.07, 6.45) is 0.627. The molecule has 0 bridgehead atoms. The van der Waals surface area contributed by atoms with Crippen molar-refractivity contribution in [1.29, 1.82) is 0 Å². The Bertz CT molecular complexity index is 670. The second-order valence-electron chi connectivity index (χ2n) is 5.76. The van der Waals surface area contributed by atoms with Crippen molar-refractivity contribution in [3.63, 3.8) is 0 Å². The molecule has 124 valence electrons. The summed E-state index contributed by atoms with van der Waals surface area (Å²) in [5.41, 5.74) is -0.144. The third kappa shape index (κ3) is 2.90. The molecule has 8 heteroatoms. The molecule has 23 heavy (non-hydrogen) atoms. The van der Waals surface area contributed by atoms with E-state index in [-0.39, 0.29) is 40.6 Å². The highest BCUT2D eigenvalue weighted by molar-refractivity contribution is 6.33. The van der Waals surface area contributed by atoms with Crippen molar-refractivity contribution in [2.45, 2.75) is 31.5 Å². The Hall–Kier alpha value is -1.73. The highest BCUT2D eigenvalue weighted by atomic mass is 35.5. The van der Waals surface area contributed by atoms with Crippen molar-refractivity contribution in [2.75, 3.05) is 6.61 Å². The van der Waals surface area contributed by atoms with E-state index in [0.717, 1.165) is 18.6 Å². The molecule has 1 aromatic rings. The second-order valence-corrected chi connectivity index (χ2v) is 6.17. The van der Waals surface area contributed by atoms with E-state index in [9.17, 15) is 18.4 Å². The number of benzene rings is 1. The van der Waals surface area contributed by atoms with E-state index < -0.39 is 17.5 Å². The minimum atomic E-state index is -1.14. The number of nitrogens with one attached hydrogen (secondary N) is 2. The molecule has 1 saturated heterocycles. The van der Waals surface area contributed by atoms with Gasteiger partial charge >= 0.3 is 0 Å². The third-order valence-electron chi connectivity index (χ3n) is 4.31. The van der Waals surface area contributed by atoms with Gasteiger partial charge in [-0.15, -0.1) is 0 Å². The van der Waals surface area contributed by atoms with E-state index in [2.05, 4.69) is 10.6 Å². The maximum atomic E-state index is 13.3. The molecule has 2 aliphatic rings. The van der Waals surface area contributed by atoms with E-state index in [1.807, 2.05) is 0 Å². The van der Waals surface area contributed by atoms with E-state index in [1.165, 1.54) is 6.92 Å². The summed E-state index contributed by atoms with van der Waals surface area (Å²) >= 11 is 5.81. The number of carbonyl (C=O) groups is 2. The Labute approximate surface area is 136 Å². The van der Waals surface area contributed by atoms with Crippen molar-refractivity contribution < 1.29 is 23.1 Å². The number of hydrogen-bond acceptors (Lipinski definition) is 3. The van der Waals surface area contributed by atoms with Gasteiger partial charge in [0.15, 0.2) is 11.6 Å². The van der Waals surface area contributed by atoms with Crippen LogP contribution in [0.4, 0.5) is 8.78 Å². The summed E-state index contributed by atoms with van der Waals surface area (Å²) in [4.78, 5) is 23.6. The lowest BCUT2D eigenvalue weighted by molar-refractivity contribution is -0.123. The Morgan fingerprint density at radius 3 is 2.61 bits per heavy atom. The Morgan fingerprint density at radius 1 is 1.22 bits per heavy atom. The van der Waals surface area contributed by atoms with Crippen LogP contribution < -0.4 is 10.6 Å². The van der Waals surface area contributed by atoms with Crippen molar-refractivity contribution in [1.82, 2.24) is 10.6 Å². The normalized spacial score (nSPS) is 28.7. The molecule has 0 spiro atoms. The molecule has 2 N–H and O–H groups in total. The number of ether oxygens (including phenoxy) is 1. The predicted octanol–water partition coefficient (Wildman–Crippen LogP) is 1.64. The fourth-order valence-corrected chi connectivity index (χ4v) is 3.47. The zero-order valence-corrected chi connectivity index (χ0v) is 13.0. The number of amides is 2. The smallest absolute Gasteiger partial charge is 0.253 e. The average Bonchev–Trinajstić information content (AvgIpc) is 2.90. The van der Waals surface area contributed by atoms with E-state index >= 15 is 0 Å². The molecule has 5 nitrogen and oxygen atoms in total. The van der Waals surface area contributed by atoms with Crippen LogP contribution in [-0.4, -0.2) is 36.6 Å². The summed E-state index contributed by atoms with van der Waals surface area (Å²) in [5.74, 6) is -3.02. The quantitative estimate of drug-likeness (QED) is 0.819. The second kappa shape index (κ2) is 6.05. The standard InChI is InChI=1S/C15H15ClF2N2O3/c1-6(21)19-13-12(7-2-3-23-14(7)13)20-15(22)8-4-10(17)11(18)5-9(8)16/h4-5,7,12-14H,2-3H2,1H3,(H,19,21)(H,20,22)/t7-,12+,13-,14-/m1/s1. The van der Waals surface area contributed by atoms with E-state index in [1.54, 1.807) is 0 Å². The topological polar surface area (TPSA) is 67.4 Å². The number of halogens is 3. The van der Waals surface area contributed by atoms with Crippen LogP contribution in [-0.2, 0) is 9.53 Å². The number of rotatable bonds is 3. The molecule has 2 fully saturated rings. The highest BCUT2D eigenvalue weighted by Gasteiger charge is 2.55. The van der Waals surface area contributed by atoms with Crippen molar-refractivity contribution in [3.05, 3.63) is 34.4 Å². The summed E-state index contributed by atoms with van der Waals surface area (Å²) in [6.45, 7) is 1.94. The SMILES string of the molecule is CC(=O)N[C@@H]1[C@@H](NC(=O)c2cc(F)c(F)cc2Cl)[C@H]2CCO[C@H]21. The minimum Gasteiger partial charge on any atom is -0.376 e. The molecule has 1 aromatic carbocycles. The van der Waals surface area contributed by atoms with Crippen LogP contribution in [0.15, 0.2) is 12.1 Å². The van der Waals surface area contributed by atoms with Gasteiger partial charge in [-0.1, -0.05) is 11.6 Å². The zero-order chi connectivity index (χ0) is 16.7. The molecular formula is C15H15ClF2N2O3. The molecule has 0 radical (unpaired) electrons. The molecule has 1 aliphatic heterocycles. The lowest BCUT2D eigenvalue weighted by atomic mass is 9.71. The first-order chi connectivity index (χ1) is 10.9.